The molecule has 282 valence electrons. The van der Waals surface area contributed by atoms with Crippen LogP contribution in [0.3, 0.4) is 0 Å². The Hall–Kier alpha value is -1.06. The molecule has 4 nitrogen and oxygen atoms in total. The number of carboxylic acids is 2. The van der Waals surface area contributed by atoms with Gasteiger partial charge in [0.25, 0.3) is 0 Å². The number of carboxylic acid groups (broad SMARTS) is 2. The van der Waals surface area contributed by atoms with E-state index in [1.165, 1.54) is 212 Å². The Morgan fingerprint density at radius 2 is 0.383 bits per heavy atom. The first-order valence-electron chi connectivity index (χ1n) is 21.5. The predicted octanol–water partition coefficient (Wildman–Crippen LogP) is 15.4. The van der Waals surface area contributed by atoms with E-state index in [1.807, 2.05) is 0 Å². The Labute approximate surface area is 295 Å². The lowest BCUT2D eigenvalue weighted by Crippen LogP contribution is -1.93. The Morgan fingerprint density at radius 3 is 0.511 bits per heavy atom. The van der Waals surface area contributed by atoms with E-state index in [1.54, 1.807) is 0 Å². The van der Waals surface area contributed by atoms with Crippen molar-refractivity contribution < 1.29 is 19.8 Å². The van der Waals surface area contributed by atoms with E-state index >= 15 is 0 Å². The highest BCUT2D eigenvalue weighted by Gasteiger charge is 1.99. The van der Waals surface area contributed by atoms with Crippen molar-refractivity contribution in [2.75, 3.05) is 0 Å². The van der Waals surface area contributed by atoms with Gasteiger partial charge in [-0.15, -0.1) is 0 Å². The summed E-state index contributed by atoms with van der Waals surface area (Å²) >= 11 is 0. The summed E-state index contributed by atoms with van der Waals surface area (Å²) in [5.74, 6) is -1.30. The van der Waals surface area contributed by atoms with Crippen molar-refractivity contribution in [1.29, 1.82) is 0 Å². The molecular formula is C43H86O4. The molecule has 0 radical (unpaired) electrons. The van der Waals surface area contributed by atoms with Gasteiger partial charge in [0.15, 0.2) is 0 Å². The monoisotopic (exact) mass is 667 g/mol. The van der Waals surface area contributed by atoms with Crippen LogP contribution in [0, 0.1) is 0 Å². The molecule has 0 heterocycles. The van der Waals surface area contributed by atoms with Gasteiger partial charge < -0.3 is 10.2 Å². The van der Waals surface area contributed by atoms with Crippen LogP contribution in [0.5, 0.6) is 0 Å². The highest BCUT2D eigenvalue weighted by Crippen LogP contribution is 2.16. The second-order valence-electron chi connectivity index (χ2n) is 14.7. The van der Waals surface area contributed by atoms with Crippen molar-refractivity contribution in [3.8, 4) is 0 Å². The molecule has 4 heteroatoms. The van der Waals surface area contributed by atoms with Gasteiger partial charge in [0.2, 0.25) is 0 Å². The molecule has 0 atom stereocenters. The highest BCUT2D eigenvalue weighted by molar-refractivity contribution is 5.66. The third-order valence-electron chi connectivity index (χ3n) is 9.74. The molecule has 0 spiro atoms. The fraction of sp³-hybridized carbons (Fsp3) is 0.953. The minimum atomic E-state index is -0.651. The summed E-state index contributed by atoms with van der Waals surface area (Å²) in [5, 5.41) is 17.1. The summed E-state index contributed by atoms with van der Waals surface area (Å²) in [4.78, 5) is 20.8. The first-order chi connectivity index (χ1) is 23.0. The van der Waals surface area contributed by atoms with Crippen LogP contribution in [0.4, 0.5) is 0 Å². The van der Waals surface area contributed by atoms with Crippen LogP contribution in [0.15, 0.2) is 0 Å². The van der Waals surface area contributed by atoms with Gasteiger partial charge in [-0.05, 0) is 12.8 Å². The van der Waals surface area contributed by atoms with Crippen LogP contribution < -0.4 is 0 Å². The molecule has 0 saturated carbocycles. The number of hydrogen-bond donors (Lipinski definition) is 2. The van der Waals surface area contributed by atoms with E-state index in [0.717, 1.165) is 25.7 Å². The number of hydrogen-bond acceptors (Lipinski definition) is 2. The smallest absolute Gasteiger partial charge is 0.303 e. The van der Waals surface area contributed by atoms with Crippen molar-refractivity contribution in [1.82, 2.24) is 0 Å². The second kappa shape index (κ2) is 44.9. The van der Waals surface area contributed by atoms with Gasteiger partial charge >= 0.3 is 11.9 Å². The molecule has 0 aromatic rings. The molecule has 0 aliphatic heterocycles. The SMILES string of the molecule is CCCCCCCCCCCCCCCCCCCCC(=O)O.CCCCCCCCCCCCCCCCCCCCCC(=O)O. The zero-order chi connectivity index (χ0) is 34.7. The van der Waals surface area contributed by atoms with Crippen molar-refractivity contribution in [3.05, 3.63) is 0 Å². The summed E-state index contributed by atoms with van der Waals surface area (Å²) in [6, 6.07) is 0. The average Bonchev–Trinajstić information content (AvgIpc) is 3.05. The number of rotatable bonds is 39. The molecule has 0 aromatic heterocycles. The zero-order valence-electron chi connectivity index (χ0n) is 32.3. The van der Waals surface area contributed by atoms with Crippen LogP contribution >= 0.6 is 0 Å². The lowest BCUT2D eigenvalue weighted by atomic mass is 10.0. The molecule has 0 unspecified atom stereocenters. The first kappa shape index (κ1) is 48.1. The van der Waals surface area contributed by atoms with Crippen molar-refractivity contribution >= 4 is 11.9 Å². The van der Waals surface area contributed by atoms with Crippen molar-refractivity contribution in [3.63, 3.8) is 0 Å². The standard InChI is InChI=1S/C22H44O2.C21H42O2/c1-2-3-4-5-6-7-8-9-10-11-12-13-14-15-16-17-18-19-20-21-22(23)24;1-2-3-4-5-6-7-8-9-10-11-12-13-14-15-16-17-18-19-20-21(22)23/h2-21H2,1H3,(H,23,24);2-20H2,1H3,(H,22,23). The lowest BCUT2D eigenvalue weighted by Gasteiger charge is -2.03. The van der Waals surface area contributed by atoms with Crippen LogP contribution in [0.1, 0.15) is 264 Å². The fourth-order valence-corrected chi connectivity index (χ4v) is 6.53. The first-order valence-corrected chi connectivity index (χ1v) is 21.5. The minimum Gasteiger partial charge on any atom is -0.481 e. The molecule has 0 fully saturated rings. The van der Waals surface area contributed by atoms with E-state index in [2.05, 4.69) is 13.8 Å². The number of aliphatic carboxylic acids is 2. The average molecular weight is 667 g/mol. The van der Waals surface area contributed by atoms with Crippen molar-refractivity contribution in [2.45, 2.75) is 264 Å². The predicted molar refractivity (Wildman–Crippen MR) is 207 cm³/mol. The minimum absolute atomic E-state index is 0.346. The Balaban J connectivity index is 0. The molecule has 0 rings (SSSR count). The third-order valence-corrected chi connectivity index (χ3v) is 9.74. The van der Waals surface area contributed by atoms with Gasteiger partial charge in [0.05, 0.1) is 0 Å². The molecule has 0 aromatic carbocycles. The normalized spacial score (nSPS) is 11.0. The summed E-state index contributed by atoms with van der Waals surface area (Å²) in [5.41, 5.74) is 0. The maximum absolute atomic E-state index is 10.4. The molecule has 0 aliphatic carbocycles. The molecular weight excluding hydrogens is 580 g/mol. The second-order valence-corrected chi connectivity index (χ2v) is 14.7. The Kier molecular flexibility index (Phi) is 45.9. The zero-order valence-corrected chi connectivity index (χ0v) is 32.3. The van der Waals surface area contributed by atoms with E-state index in [0.29, 0.717) is 12.8 Å². The summed E-state index contributed by atoms with van der Waals surface area (Å²) in [6.45, 7) is 4.56. The largest absolute Gasteiger partial charge is 0.481 e. The van der Waals surface area contributed by atoms with E-state index < -0.39 is 11.9 Å². The fourth-order valence-electron chi connectivity index (χ4n) is 6.53. The summed E-state index contributed by atoms with van der Waals surface area (Å²) < 4.78 is 0. The van der Waals surface area contributed by atoms with Gasteiger partial charge in [0, 0.05) is 12.8 Å². The number of carbonyl (C=O) groups is 2. The van der Waals surface area contributed by atoms with Gasteiger partial charge in [-0.1, -0.05) is 239 Å². The maximum atomic E-state index is 10.4. The Bertz CT molecular complexity index is 590. The van der Waals surface area contributed by atoms with Crippen LogP contribution in [-0.2, 0) is 9.59 Å². The molecule has 0 saturated heterocycles. The summed E-state index contributed by atoms with van der Waals surface area (Å²) in [7, 11) is 0. The van der Waals surface area contributed by atoms with E-state index in [9.17, 15) is 9.59 Å². The van der Waals surface area contributed by atoms with Crippen LogP contribution in [-0.4, -0.2) is 22.2 Å². The van der Waals surface area contributed by atoms with Crippen molar-refractivity contribution in [2.24, 2.45) is 0 Å². The summed E-state index contributed by atoms with van der Waals surface area (Å²) in [6.07, 6.45) is 50.7. The van der Waals surface area contributed by atoms with Gasteiger partial charge in [-0.2, -0.15) is 0 Å². The quantitative estimate of drug-likeness (QED) is 0.0640. The molecule has 0 amide bonds. The topological polar surface area (TPSA) is 74.6 Å². The lowest BCUT2D eigenvalue weighted by molar-refractivity contribution is -0.138. The van der Waals surface area contributed by atoms with E-state index in [4.69, 9.17) is 10.2 Å². The van der Waals surface area contributed by atoms with Crippen LogP contribution in [0.25, 0.3) is 0 Å². The van der Waals surface area contributed by atoms with E-state index in [-0.39, 0.29) is 0 Å². The third kappa shape index (κ3) is 51.9. The van der Waals surface area contributed by atoms with Crippen LogP contribution in [0.2, 0.25) is 0 Å². The molecule has 0 bridgehead atoms. The molecule has 2 N–H and O–H groups in total. The van der Waals surface area contributed by atoms with Gasteiger partial charge in [-0.25, -0.2) is 0 Å². The Morgan fingerprint density at radius 1 is 0.255 bits per heavy atom. The molecule has 47 heavy (non-hydrogen) atoms. The van der Waals surface area contributed by atoms with Gasteiger partial charge in [-0.3, -0.25) is 9.59 Å². The number of unbranched alkanes of at least 4 members (excludes halogenated alkanes) is 35. The maximum Gasteiger partial charge on any atom is 0.303 e. The highest BCUT2D eigenvalue weighted by atomic mass is 16.4. The van der Waals surface area contributed by atoms with Gasteiger partial charge in [0.1, 0.15) is 0 Å². The molecule has 0 aliphatic rings.